The molecule has 1 N–H and O–H groups in total. The molecule has 0 radical (unpaired) electrons. The molecule has 0 spiro atoms. The Morgan fingerprint density at radius 1 is 1.20 bits per heavy atom. The quantitative estimate of drug-likeness (QED) is 0.655. The number of hydrogen-bond donors (Lipinski definition) is 1. The zero-order valence-electron chi connectivity index (χ0n) is 16.3. The van der Waals surface area contributed by atoms with E-state index in [4.69, 9.17) is 16.1 Å². The number of likely N-dealkylation sites (tertiary alicyclic amines) is 1. The maximum atomic E-state index is 13.0. The largest absolute Gasteiger partial charge is 0.355 e. The summed E-state index contributed by atoms with van der Waals surface area (Å²) in [5.41, 5.74) is 1.74. The van der Waals surface area contributed by atoms with Crippen molar-refractivity contribution in [2.45, 2.75) is 25.3 Å². The topological polar surface area (TPSA) is 88.3 Å². The molecule has 3 aromatic rings. The Labute approximate surface area is 179 Å². The number of amides is 2. The van der Waals surface area contributed by atoms with Crippen molar-refractivity contribution in [3.63, 3.8) is 0 Å². The van der Waals surface area contributed by atoms with Crippen molar-refractivity contribution in [2.24, 2.45) is 0 Å². The predicted molar refractivity (Wildman–Crippen MR) is 112 cm³/mol. The second kappa shape index (κ2) is 9.09. The summed E-state index contributed by atoms with van der Waals surface area (Å²) >= 11 is 6.19. The summed E-state index contributed by atoms with van der Waals surface area (Å²) in [5.74, 6) is -0.0643. The van der Waals surface area contributed by atoms with E-state index in [9.17, 15) is 9.59 Å². The third-order valence-corrected chi connectivity index (χ3v) is 5.42. The number of rotatable bonds is 6. The van der Waals surface area contributed by atoms with E-state index in [0.717, 1.165) is 12.1 Å². The van der Waals surface area contributed by atoms with Gasteiger partial charge in [-0.05, 0) is 37.1 Å². The Bertz CT molecular complexity index is 1040. The Balaban J connectivity index is 1.40. The molecule has 30 heavy (non-hydrogen) atoms. The smallest absolute Gasteiger partial charge is 0.276 e. The third kappa shape index (κ3) is 4.36. The zero-order valence-corrected chi connectivity index (χ0v) is 17.0. The molecule has 2 amide bonds. The molecular weight excluding hydrogens is 404 g/mol. The minimum absolute atomic E-state index is 0.161. The fourth-order valence-corrected chi connectivity index (χ4v) is 3.80. The van der Waals surface area contributed by atoms with E-state index in [1.54, 1.807) is 29.3 Å². The second-order valence-corrected chi connectivity index (χ2v) is 7.48. The minimum atomic E-state index is -0.512. The zero-order chi connectivity index (χ0) is 20.9. The molecule has 0 bridgehead atoms. The van der Waals surface area contributed by atoms with Gasteiger partial charge in [0.1, 0.15) is 6.04 Å². The van der Waals surface area contributed by atoms with Crippen molar-refractivity contribution in [2.75, 3.05) is 13.1 Å². The van der Waals surface area contributed by atoms with Crippen LogP contribution < -0.4 is 5.32 Å². The normalized spacial score (nSPS) is 15.9. The lowest BCUT2D eigenvalue weighted by molar-refractivity contribution is -0.124. The van der Waals surface area contributed by atoms with Gasteiger partial charge in [0.2, 0.25) is 5.91 Å². The average Bonchev–Trinajstić information content (AvgIpc) is 3.44. The van der Waals surface area contributed by atoms with E-state index < -0.39 is 6.04 Å². The number of nitrogens with one attached hydrogen (secondary N) is 1. The number of carbonyl (C=O) groups excluding carboxylic acids is 2. The highest BCUT2D eigenvalue weighted by molar-refractivity contribution is 6.33. The van der Waals surface area contributed by atoms with Gasteiger partial charge in [-0.3, -0.25) is 14.6 Å². The third-order valence-electron chi connectivity index (χ3n) is 5.09. The molecule has 0 unspecified atom stereocenters. The number of carbonyl (C=O) groups is 2. The molecule has 1 aliphatic heterocycles. The molecular formula is C22H21ClN4O3. The standard InChI is InChI=1S/C22H21ClN4O3/c23-17-8-2-1-7-16(17)20-14-18(26-30-20)22(29)27-13-5-9-19(27)21(28)25-12-10-15-6-3-4-11-24-15/h1-4,6-8,11,14,19H,5,9-10,12-13H2,(H,25,28)/t19-/m1/s1. The van der Waals surface area contributed by atoms with Gasteiger partial charge in [0.15, 0.2) is 11.5 Å². The molecule has 2 aromatic heterocycles. The van der Waals surface area contributed by atoms with Gasteiger partial charge in [0.25, 0.3) is 5.91 Å². The van der Waals surface area contributed by atoms with Gasteiger partial charge in [0.05, 0.1) is 5.02 Å². The fraction of sp³-hybridized carbons (Fsp3) is 0.273. The minimum Gasteiger partial charge on any atom is -0.355 e. The van der Waals surface area contributed by atoms with E-state index in [1.165, 1.54) is 0 Å². The molecule has 1 fully saturated rings. The van der Waals surface area contributed by atoms with Crippen LogP contribution in [-0.4, -0.2) is 46.0 Å². The molecule has 1 aliphatic rings. The van der Waals surface area contributed by atoms with E-state index in [1.807, 2.05) is 30.3 Å². The second-order valence-electron chi connectivity index (χ2n) is 7.07. The Morgan fingerprint density at radius 3 is 2.83 bits per heavy atom. The lowest BCUT2D eigenvalue weighted by atomic mass is 10.1. The maximum Gasteiger partial charge on any atom is 0.276 e. The van der Waals surface area contributed by atoms with Crippen LogP contribution in [0.1, 0.15) is 29.0 Å². The summed E-state index contributed by atoms with van der Waals surface area (Å²) < 4.78 is 5.33. The van der Waals surface area contributed by atoms with Crippen LogP contribution in [0, 0.1) is 0 Å². The Kier molecular flexibility index (Phi) is 6.09. The van der Waals surface area contributed by atoms with E-state index in [0.29, 0.717) is 42.3 Å². The first-order chi connectivity index (χ1) is 14.6. The molecule has 0 saturated carbocycles. The molecule has 0 aliphatic carbocycles. The van der Waals surface area contributed by atoms with Gasteiger partial charge in [-0.1, -0.05) is 35.0 Å². The van der Waals surface area contributed by atoms with Crippen LogP contribution in [0.15, 0.2) is 59.3 Å². The summed E-state index contributed by atoms with van der Waals surface area (Å²) in [6, 6.07) is 13.9. The van der Waals surface area contributed by atoms with Crippen LogP contribution in [0.25, 0.3) is 11.3 Å². The van der Waals surface area contributed by atoms with Crippen LogP contribution in [0.2, 0.25) is 5.02 Å². The van der Waals surface area contributed by atoms with Gasteiger partial charge in [0, 0.05) is 43.0 Å². The lowest BCUT2D eigenvalue weighted by Gasteiger charge is -2.22. The summed E-state index contributed by atoms with van der Waals surface area (Å²) in [4.78, 5) is 31.4. The van der Waals surface area contributed by atoms with Crippen molar-refractivity contribution in [3.05, 3.63) is 71.1 Å². The number of aromatic nitrogens is 2. The van der Waals surface area contributed by atoms with Crippen molar-refractivity contribution >= 4 is 23.4 Å². The fourth-order valence-electron chi connectivity index (χ4n) is 3.57. The van der Waals surface area contributed by atoms with Gasteiger partial charge < -0.3 is 14.7 Å². The number of halogens is 1. The predicted octanol–water partition coefficient (Wildman–Crippen LogP) is 3.35. The van der Waals surface area contributed by atoms with Crippen LogP contribution in [0.3, 0.4) is 0 Å². The molecule has 154 valence electrons. The summed E-state index contributed by atoms with van der Waals surface area (Å²) in [5, 5.41) is 7.34. The van der Waals surface area contributed by atoms with Crippen molar-refractivity contribution in [1.29, 1.82) is 0 Å². The van der Waals surface area contributed by atoms with Gasteiger partial charge in [-0.2, -0.15) is 0 Å². The first-order valence-corrected chi connectivity index (χ1v) is 10.2. The number of hydrogen-bond acceptors (Lipinski definition) is 5. The highest BCUT2D eigenvalue weighted by Gasteiger charge is 2.35. The van der Waals surface area contributed by atoms with Crippen LogP contribution in [0.4, 0.5) is 0 Å². The molecule has 7 nitrogen and oxygen atoms in total. The highest BCUT2D eigenvalue weighted by Crippen LogP contribution is 2.29. The van der Waals surface area contributed by atoms with Gasteiger partial charge >= 0.3 is 0 Å². The van der Waals surface area contributed by atoms with Crippen molar-refractivity contribution in [1.82, 2.24) is 20.4 Å². The number of nitrogens with zero attached hydrogens (tertiary/aromatic N) is 3. The van der Waals surface area contributed by atoms with Gasteiger partial charge in [-0.15, -0.1) is 0 Å². The molecule has 8 heteroatoms. The Hall–Kier alpha value is -3.19. The van der Waals surface area contributed by atoms with Crippen LogP contribution in [-0.2, 0) is 11.2 Å². The summed E-state index contributed by atoms with van der Waals surface area (Å²) in [6.07, 6.45) is 3.75. The summed E-state index contributed by atoms with van der Waals surface area (Å²) in [6.45, 7) is 0.973. The maximum absolute atomic E-state index is 13.0. The molecule has 4 rings (SSSR count). The molecule has 1 saturated heterocycles. The Morgan fingerprint density at radius 2 is 2.03 bits per heavy atom. The van der Waals surface area contributed by atoms with Crippen molar-refractivity contribution < 1.29 is 14.1 Å². The number of pyridine rings is 1. The number of benzene rings is 1. The monoisotopic (exact) mass is 424 g/mol. The molecule has 1 aromatic carbocycles. The first-order valence-electron chi connectivity index (χ1n) is 9.83. The van der Waals surface area contributed by atoms with Gasteiger partial charge in [-0.25, -0.2) is 0 Å². The van der Waals surface area contributed by atoms with Crippen LogP contribution >= 0.6 is 11.6 Å². The van der Waals surface area contributed by atoms with E-state index >= 15 is 0 Å². The molecule has 3 heterocycles. The highest BCUT2D eigenvalue weighted by atomic mass is 35.5. The lowest BCUT2D eigenvalue weighted by Crippen LogP contribution is -2.46. The van der Waals surface area contributed by atoms with Crippen LogP contribution in [0.5, 0.6) is 0 Å². The molecule has 1 atom stereocenters. The average molecular weight is 425 g/mol. The first kappa shape index (κ1) is 20.1. The van der Waals surface area contributed by atoms with E-state index in [-0.39, 0.29) is 17.5 Å². The summed E-state index contributed by atoms with van der Waals surface area (Å²) in [7, 11) is 0. The SMILES string of the molecule is O=C(NCCc1ccccn1)[C@H]1CCCN1C(=O)c1cc(-c2ccccc2Cl)on1. The van der Waals surface area contributed by atoms with Crippen molar-refractivity contribution in [3.8, 4) is 11.3 Å². The van der Waals surface area contributed by atoms with E-state index in [2.05, 4.69) is 15.5 Å².